The first-order valence-corrected chi connectivity index (χ1v) is 12.7. The predicted octanol–water partition coefficient (Wildman–Crippen LogP) is 4.09. The largest absolute Gasteiger partial charge is 0.495 e. The molecule has 0 spiro atoms. The molecule has 0 aliphatic heterocycles. The quantitative estimate of drug-likeness (QED) is 0.268. The minimum absolute atomic E-state index is 0.0165. The van der Waals surface area contributed by atoms with Gasteiger partial charge in [-0.3, -0.25) is 14.2 Å². The van der Waals surface area contributed by atoms with E-state index in [1.807, 2.05) is 18.2 Å². The fraction of sp³-hybridized carbons (Fsp3) is 0.185. The number of amides is 2. The van der Waals surface area contributed by atoms with Crippen molar-refractivity contribution in [1.82, 2.24) is 20.1 Å². The number of nitrogens with zero attached hydrogens (tertiary/aromatic N) is 3. The number of hydrogen-bond donors (Lipinski definition) is 2. The van der Waals surface area contributed by atoms with Gasteiger partial charge < -0.3 is 24.8 Å². The van der Waals surface area contributed by atoms with Gasteiger partial charge >= 0.3 is 0 Å². The highest BCUT2D eigenvalue weighted by Gasteiger charge is 2.20. The van der Waals surface area contributed by atoms with Gasteiger partial charge in [0.2, 0.25) is 5.91 Å². The Bertz CT molecular complexity index is 1460. The highest BCUT2D eigenvalue weighted by molar-refractivity contribution is 7.99. The molecule has 1 aromatic heterocycles. The predicted molar refractivity (Wildman–Crippen MR) is 144 cm³/mol. The zero-order chi connectivity index (χ0) is 27.8. The van der Waals surface area contributed by atoms with Crippen LogP contribution in [0.1, 0.15) is 16.2 Å². The van der Waals surface area contributed by atoms with Gasteiger partial charge in [0.05, 0.1) is 39.3 Å². The average molecular weight is 552 g/mol. The van der Waals surface area contributed by atoms with E-state index in [0.717, 1.165) is 11.8 Å². The fourth-order valence-electron chi connectivity index (χ4n) is 3.66. The van der Waals surface area contributed by atoms with Crippen LogP contribution in [0.4, 0.5) is 10.1 Å². The van der Waals surface area contributed by atoms with Crippen LogP contribution in [0.2, 0.25) is 0 Å². The maximum Gasteiger partial charge on any atom is 0.251 e. The van der Waals surface area contributed by atoms with Gasteiger partial charge in [-0.2, -0.15) is 0 Å². The van der Waals surface area contributed by atoms with E-state index >= 15 is 0 Å². The lowest BCUT2D eigenvalue weighted by atomic mass is 10.2. The highest BCUT2D eigenvalue weighted by Crippen LogP contribution is 2.30. The van der Waals surface area contributed by atoms with Crippen molar-refractivity contribution >= 4 is 29.3 Å². The van der Waals surface area contributed by atoms with Crippen molar-refractivity contribution in [2.45, 2.75) is 11.7 Å². The summed E-state index contributed by atoms with van der Waals surface area (Å²) in [6.45, 7) is 0.0422. The second kappa shape index (κ2) is 12.8. The summed E-state index contributed by atoms with van der Waals surface area (Å²) in [7, 11) is 4.56. The lowest BCUT2D eigenvalue weighted by Gasteiger charge is -2.14. The average Bonchev–Trinajstić information content (AvgIpc) is 3.38. The molecule has 0 atom stereocenters. The third-order valence-electron chi connectivity index (χ3n) is 5.54. The maximum atomic E-state index is 13.2. The van der Waals surface area contributed by atoms with Crippen molar-refractivity contribution in [3.63, 3.8) is 0 Å². The molecule has 10 nitrogen and oxygen atoms in total. The summed E-state index contributed by atoms with van der Waals surface area (Å²) in [5.74, 6) is 0.899. The standard InChI is InChI=1S/C27H26FN5O5S/c1-36-21-7-5-4-6-20(21)33-24(15-29-26(35)17-8-13-22(37-2)23(14-17)38-3)31-32-27(33)39-16-25(34)30-19-11-9-18(28)10-12-19/h4-14H,15-16H2,1-3H3,(H,29,35)(H,30,34). The van der Waals surface area contributed by atoms with Crippen LogP contribution in [0.15, 0.2) is 71.9 Å². The SMILES string of the molecule is COc1ccc(C(=O)NCc2nnc(SCC(=O)Nc3ccc(F)cc3)n2-c2ccccc2OC)cc1OC. The number of benzene rings is 3. The van der Waals surface area contributed by atoms with Crippen molar-refractivity contribution in [1.29, 1.82) is 0 Å². The molecule has 39 heavy (non-hydrogen) atoms. The molecule has 0 aliphatic rings. The van der Waals surface area contributed by atoms with E-state index in [2.05, 4.69) is 20.8 Å². The van der Waals surface area contributed by atoms with Crippen molar-refractivity contribution in [2.75, 3.05) is 32.4 Å². The van der Waals surface area contributed by atoms with E-state index in [1.54, 1.807) is 35.9 Å². The van der Waals surface area contributed by atoms with Gasteiger partial charge in [0.1, 0.15) is 11.6 Å². The molecule has 1 heterocycles. The minimum Gasteiger partial charge on any atom is -0.495 e. The molecule has 0 radical (unpaired) electrons. The number of ether oxygens (including phenoxy) is 3. The first-order valence-electron chi connectivity index (χ1n) is 11.7. The Hall–Kier alpha value is -4.58. The molecule has 0 bridgehead atoms. The normalized spacial score (nSPS) is 10.6. The van der Waals surface area contributed by atoms with Crippen molar-refractivity contribution in [2.24, 2.45) is 0 Å². The van der Waals surface area contributed by atoms with Gasteiger partial charge in [0, 0.05) is 11.3 Å². The summed E-state index contributed by atoms with van der Waals surface area (Å²) in [4.78, 5) is 25.4. The van der Waals surface area contributed by atoms with E-state index in [4.69, 9.17) is 14.2 Å². The van der Waals surface area contributed by atoms with Crippen molar-refractivity contribution in [3.05, 3.63) is 83.9 Å². The molecule has 0 fully saturated rings. The minimum atomic E-state index is -0.391. The monoisotopic (exact) mass is 551 g/mol. The Balaban J connectivity index is 1.54. The highest BCUT2D eigenvalue weighted by atomic mass is 32.2. The Morgan fingerprint density at radius 3 is 2.33 bits per heavy atom. The van der Waals surface area contributed by atoms with Crippen LogP contribution in [-0.4, -0.2) is 53.7 Å². The first-order chi connectivity index (χ1) is 18.9. The topological polar surface area (TPSA) is 117 Å². The van der Waals surface area contributed by atoms with E-state index in [0.29, 0.717) is 45.2 Å². The summed E-state index contributed by atoms with van der Waals surface area (Å²) in [5.41, 5.74) is 1.50. The van der Waals surface area contributed by atoms with Crippen LogP contribution in [0.25, 0.3) is 5.69 Å². The molecule has 202 valence electrons. The molecule has 0 saturated heterocycles. The van der Waals surface area contributed by atoms with Gasteiger partial charge in [-0.15, -0.1) is 10.2 Å². The number of carbonyl (C=O) groups excluding carboxylic acids is 2. The molecule has 12 heteroatoms. The summed E-state index contributed by atoms with van der Waals surface area (Å²) in [6.07, 6.45) is 0. The number of aromatic nitrogens is 3. The molecular weight excluding hydrogens is 525 g/mol. The second-order valence-electron chi connectivity index (χ2n) is 8.00. The van der Waals surface area contributed by atoms with Gasteiger partial charge in [0.15, 0.2) is 22.5 Å². The molecule has 0 aliphatic carbocycles. The third-order valence-corrected chi connectivity index (χ3v) is 6.47. The van der Waals surface area contributed by atoms with E-state index in [-0.39, 0.29) is 24.1 Å². The van der Waals surface area contributed by atoms with Crippen LogP contribution < -0.4 is 24.8 Å². The van der Waals surface area contributed by atoms with Crippen LogP contribution in [0, 0.1) is 5.82 Å². The Morgan fingerprint density at radius 2 is 1.62 bits per heavy atom. The van der Waals surface area contributed by atoms with Crippen molar-refractivity contribution in [3.8, 4) is 22.9 Å². The van der Waals surface area contributed by atoms with Crippen molar-refractivity contribution < 1.29 is 28.2 Å². The molecule has 2 amide bonds. The number of thioether (sulfide) groups is 1. The van der Waals surface area contributed by atoms with Crippen LogP contribution in [-0.2, 0) is 11.3 Å². The summed E-state index contributed by atoms with van der Waals surface area (Å²) >= 11 is 1.16. The lowest BCUT2D eigenvalue weighted by Crippen LogP contribution is -2.25. The first kappa shape index (κ1) is 27.5. The van der Waals surface area contributed by atoms with Crippen LogP contribution in [0.3, 0.4) is 0 Å². The van der Waals surface area contributed by atoms with E-state index in [9.17, 15) is 14.0 Å². The number of carbonyl (C=O) groups is 2. The Labute approximate surface area is 228 Å². The summed E-state index contributed by atoms with van der Waals surface area (Å²) < 4.78 is 30.9. The number of methoxy groups -OCH3 is 3. The zero-order valence-corrected chi connectivity index (χ0v) is 22.3. The van der Waals surface area contributed by atoms with Gasteiger partial charge in [-0.1, -0.05) is 23.9 Å². The smallest absolute Gasteiger partial charge is 0.251 e. The molecule has 4 aromatic rings. The molecule has 2 N–H and O–H groups in total. The molecule has 3 aromatic carbocycles. The van der Waals surface area contributed by atoms with Gasteiger partial charge in [-0.05, 0) is 54.6 Å². The Morgan fingerprint density at radius 1 is 0.897 bits per heavy atom. The fourth-order valence-corrected chi connectivity index (χ4v) is 4.43. The molecule has 0 saturated carbocycles. The van der Waals surface area contributed by atoms with Gasteiger partial charge in [0.25, 0.3) is 5.91 Å². The number of halogens is 1. The number of rotatable bonds is 11. The zero-order valence-electron chi connectivity index (χ0n) is 21.4. The maximum absolute atomic E-state index is 13.2. The number of hydrogen-bond acceptors (Lipinski definition) is 8. The third kappa shape index (κ3) is 6.65. The number of para-hydroxylation sites is 2. The van der Waals surface area contributed by atoms with E-state index in [1.165, 1.54) is 38.5 Å². The number of nitrogens with one attached hydrogen (secondary N) is 2. The molecular formula is C27H26FN5O5S. The van der Waals surface area contributed by atoms with Crippen LogP contribution in [0.5, 0.6) is 17.2 Å². The summed E-state index contributed by atoms with van der Waals surface area (Å²) in [6, 6.07) is 17.6. The van der Waals surface area contributed by atoms with E-state index < -0.39 is 5.82 Å². The Kier molecular flexibility index (Phi) is 9.00. The second-order valence-corrected chi connectivity index (χ2v) is 8.94. The molecule has 0 unspecified atom stereocenters. The summed E-state index contributed by atoms with van der Waals surface area (Å²) in [5, 5.41) is 14.5. The number of anilines is 1. The van der Waals surface area contributed by atoms with Crippen LogP contribution >= 0.6 is 11.8 Å². The van der Waals surface area contributed by atoms with Gasteiger partial charge in [-0.25, -0.2) is 4.39 Å². The lowest BCUT2D eigenvalue weighted by molar-refractivity contribution is -0.113. The molecule has 4 rings (SSSR count).